The zero-order valence-corrected chi connectivity index (χ0v) is 13.6. The van der Waals surface area contributed by atoms with E-state index < -0.39 is 0 Å². The average molecular weight is 325 g/mol. The van der Waals surface area contributed by atoms with Gasteiger partial charge in [0.2, 0.25) is 5.78 Å². The maximum atomic E-state index is 12.3. The Morgan fingerprint density at radius 2 is 1.96 bits per heavy atom. The Balaban J connectivity index is 2.07. The summed E-state index contributed by atoms with van der Waals surface area (Å²) in [7, 11) is 1.66. The van der Waals surface area contributed by atoms with Crippen LogP contribution in [0.1, 0.15) is 21.7 Å². The van der Waals surface area contributed by atoms with Crippen LogP contribution in [0, 0.1) is 6.92 Å². The third kappa shape index (κ3) is 3.24. The van der Waals surface area contributed by atoms with Gasteiger partial charge in [0, 0.05) is 13.1 Å². The van der Waals surface area contributed by atoms with Crippen LogP contribution in [0.25, 0.3) is 12.2 Å². The Hall–Kier alpha value is -2.66. The number of aryl methyl sites for hydroxylation is 1. The minimum Gasteiger partial charge on any atom is -0.461 e. The molecule has 0 fully saturated rings. The van der Waals surface area contributed by atoms with Crippen LogP contribution in [-0.4, -0.2) is 10.4 Å². The fourth-order valence-electron chi connectivity index (χ4n) is 2.12. The standard InChI is InChI=1S/C18H15NO3S/c1-12-5-7-13(8-6-12)10-16-18(21)19(2)17(23-16)11-14(20)15-4-3-9-22-15/h3-11H,1-2H3/b16-10-,17-11-. The highest BCUT2D eigenvalue weighted by Crippen LogP contribution is 2.04. The fraction of sp³-hybridized carbons (Fsp3) is 0.111. The van der Waals surface area contributed by atoms with Crippen LogP contribution >= 0.6 is 11.3 Å². The van der Waals surface area contributed by atoms with E-state index in [1.54, 1.807) is 19.2 Å². The van der Waals surface area contributed by atoms with Crippen molar-refractivity contribution >= 4 is 29.3 Å². The lowest BCUT2D eigenvalue weighted by molar-refractivity contribution is 0.103. The summed E-state index contributed by atoms with van der Waals surface area (Å²) in [4.78, 5) is 24.4. The van der Waals surface area contributed by atoms with E-state index in [4.69, 9.17) is 4.42 Å². The lowest BCUT2D eigenvalue weighted by atomic mass is 10.1. The summed E-state index contributed by atoms with van der Waals surface area (Å²) < 4.78 is 7.74. The smallest absolute Gasteiger partial charge is 0.268 e. The van der Waals surface area contributed by atoms with Crippen molar-refractivity contribution in [3.05, 3.63) is 79.1 Å². The quantitative estimate of drug-likeness (QED) is 0.691. The van der Waals surface area contributed by atoms with E-state index >= 15 is 0 Å². The molecule has 0 N–H and O–H groups in total. The first-order chi connectivity index (χ1) is 11.0. The minimum atomic E-state index is -0.256. The molecule has 0 amide bonds. The summed E-state index contributed by atoms with van der Waals surface area (Å²) in [6, 6.07) is 11.2. The van der Waals surface area contributed by atoms with Gasteiger partial charge in [0.25, 0.3) is 5.56 Å². The molecule has 0 aliphatic heterocycles. The summed E-state index contributed by atoms with van der Waals surface area (Å²) in [5, 5.41) is 0. The first-order valence-corrected chi connectivity index (χ1v) is 7.90. The van der Waals surface area contributed by atoms with Crippen LogP contribution in [0.3, 0.4) is 0 Å². The normalized spacial score (nSPS) is 12.8. The van der Waals surface area contributed by atoms with Crippen LogP contribution in [0.2, 0.25) is 0 Å². The van der Waals surface area contributed by atoms with Crippen molar-refractivity contribution in [1.29, 1.82) is 0 Å². The van der Waals surface area contributed by atoms with E-state index in [1.807, 2.05) is 37.3 Å². The molecule has 2 aromatic heterocycles. The summed E-state index contributed by atoms with van der Waals surface area (Å²) >= 11 is 1.29. The van der Waals surface area contributed by atoms with Gasteiger partial charge in [-0.25, -0.2) is 0 Å². The van der Waals surface area contributed by atoms with Gasteiger partial charge in [-0.2, -0.15) is 0 Å². The van der Waals surface area contributed by atoms with Gasteiger partial charge in [-0.3, -0.25) is 9.59 Å². The third-order valence-corrected chi connectivity index (χ3v) is 4.57. The fourth-order valence-corrected chi connectivity index (χ4v) is 3.15. The summed E-state index contributed by atoms with van der Waals surface area (Å²) in [5.41, 5.74) is 2.01. The molecule has 0 saturated heterocycles. The maximum absolute atomic E-state index is 12.3. The predicted molar refractivity (Wildman–Crippen MR) is 91.1 cm³/mol. The highest BCUT2D eigenvalue weighted by molar-refractivity contribution is 7.07. The van der Waals surface area contributed by atoms with Crippen molar-refractivity contribution in [2.45, 2.75) is 6.92 Å². The molecular weight excluding hydrogens is 310 g/mol. The molecule has 0 spiro atoms. The molecule has 4 nitrogen and oxygen atoms in total. The minimum absolute atomic E-state index is 0.117. The van der Waals surface area contributed by atoms with Crippen LogP contribution in [0.15, 0.2) is 51.9 Å². The van der Waals surface area contributed by atoms with Gasteiger partial charge in [0.1, 0.15) is 4.66 Å². The van der Waals surface area contributed by atoms with Gasteiger partial charge < -0.3 is 8.98 Å². The lowest BCUT2D eigenvalue weighted by Crippen LogP contribution is -2.29. The van der Waals surface area contributed by atoms with Crippen LogP contribution in [0.5, 0.6) is 0 Å². The molecule has 0 radical (unpaired) electrons. The molecule has 0 aliphatic carbocycles. The molecule has 1 aromatic carbocycles. The molecular formula is C18H15NO3S. The number of furan rings is 1. The molecule has 0 saturated carbocycles. The number of Topliss-reactive ketones (excluding diaryl/α,β-unsaturated/α-hetero) is 1. The number of rotatable bonds is 3. The largest absolute Gasteiger partial charge is 0.461 e. The molecule has 5 heteroatoms. The topological polar surface area (TPSA) is 52.2 Å². The molecule has 23 heavy (non-hydrogen) atoms. The van der Waals surface area contributed by atoms with E-state index in [0.717, 1.165) is 5.56 Å². The van der Waals surface area contributed by atoms with Crippen molar-refractivity contribution in [2.75, 3.05) is 0 Å². The number of carbonyl (C=O) groups excluding carboxylic acids is 1. The van der Waals surface area contributed by atoms with Gasteiger partial charge in [0.15, 0.2) is 5.76 Å². The molecule has 0 unspecified atom stereocenters. The van der Waals surface area contributed by atoms with Gasteiger partial charge >= 0.3 is 0 Å². The number of carbonyl (C=O) groups is 1. The van der Waals surface area contributed by atoms with E-state index in [9.17, 15) is 9.59 Å². The van der Waals surface area contributed by atoms with Crippen LogP contribution < -0.4 is 14.8 Å². The molecule has 3 aromatic rings. The summed E-state index contributed by atoms with van der Waals surface area (Å²) in [5.74, 6) is 0.00338. The summed E-state index contributed by atoms with van der Waals surface area (Å²) in [6.07, 6.45) is 4.71. The Bertz CT molecular complexity index is 1010. The second-order valence-electron chi connectivity index (χ2n) is 5.21. The molecule has 3 rings (SSSR count). The van der Waals surface area contributed by atoms with Crippen molar-refractivity contribution in [2.24, 2.45) is 7.05 Å². The Labute approximate surface area is 136 Å². The van der Waals surface area contributed by atoms with E-state index in [2.05, 4.69) is 0 Å². The number of benzene rings is 1. The number of hydrogen-bond donors (Lipinski definition) is 0. The summed E-state index contributed by atoms with van der Waals surface area (Å²) in [6.45, 7) is 2.02. The van der Waals surface area contributed by atoms with Crippen LogP contribution in [0.4, 0.5) is 0 Å². The first-order valence-electron chi connectivity index (χ1n) is 7.08. The number of nitrogens with zero attached hydrogens (tertiary/aromatic N) is 1. The molecule has 0 aliphatic rings. The van der Waals surface area contributed by atoms with Crippen molar-refractivity contribution in [1.82, 2.24) is 4.57 Å². The first kappa shape index (κ1) is 15.2. The SMILES string of the molecule is Cc1ccc(/C=c2\s/c(=C\C(=O)c3ccco3)n(C)c2=O)cc1. The Kier molecular flexibility index (Phi) is 4.12. The van der Waals surface area contributed by atoms with E-state index in [0.29, 0.717) is 9.20 Å². The number of ketones is 1. The third-order valence-electron chi connectivity index (χ3n) is 3.45. The molecule has 2 heterocycles. The van der Waals surface area contributed by atoms with Gasteiger partial charge in [0.05, 0.1) is 10.8 Å². The highest BCUT2D eigenvalue weighted by atomic mass is 32.1. The van der Waals surface area contributed by atoms with Gasteiger partial charge in [-0.1, -0.05) is 29.8 Å². The second kappa shape index (κ2) is 6.22. The number of thiazole rings is 1. The monoisotopic (exact) mass is 325 g/mol. The molecule has 0 atom stereocenters. The Morgan fingerprint density at radius 3 is 2.61 bits per heavy atom. The van der Waals surface area contributed by atoms with Crippen molar-refractivity contribution < 1.29 is 9.21 Å². The molecule has 116 valence electrons. The predicted octanol–water partition coefficient (Wildman–Crippen LogP) is 1.84. The maximum Gasteiger partial charge on any atom is 0.268 e. The lowest BCUT2D eigenvalue weighted by Gasteiger charge is -1.92. The number of hydrogen-bond acceptors (Lipinski definition) is 4. The average Bonchev–Trinajstić information content (AvgIpc) is 3.15. The molecule has 0 bridgehead atoms. The van der Waals surface area contributed by atoms with E-state index in [1.165, 1.54) is 33.8 Å². The Morgan fingerprint density at radius 1 is 1.22 bits per heavy atom. The van der Waals surface area contributed by atoms with Crippen molar-refractivity contribution in [3.63, 3.8) is 0 Å². The van der Waals surface area contributed by atoms with Crippen molar-refractivity contribution in [3.8, 4) is 0 Å². The zero-order valence-electron chi connectivity index (χ0n) is 12.8. The van der Waals surface area contributed by atoms with Gasteiger partial charge in [-0.15, -0.1) is 11.3 Å². The highest BCUT2D eigenvalue weighted by Gasteiger charge is 2.07. The zero-order chi connectivity index (χ0) is 16.4. The van der Waals surface area contributed by atoms with Gasteiger partial charge in [-0.05, 0) is 30.7 Å². The van der Waals surface area contributed by atoms with Crippen LogP contribution in [-0.2, 0) is 7.05 Å². The van der Waals surface area contributed by atoms with E-state index in [-0.39, 0.29) is 17.1 Å². The second-order valence-corrected chi connectivity index (χ2v) is 6.27. The number of aromatic nitrogens is 1.